The van der Waals surface area contributed by atoms with Gasteiger partial charge in [-0.3, -0.25) is 9.00 Å². The van der Waals surface area contributed by atoms with Crippen LogP contribution in [0.25, 0.3) is 11.1 Å². The molecule has 1 aliphatic rings. The largest absolute Gasteiger partial charge is 0.412 e. The average molecular weight is 469 g/mol. The fourth-order valence-corrected chi connectivity index (χ4v) is 4.65. The van der Waals surface area contributed by atoms with Gasteiger partial charge >= 0.3 is 0 Å². The van der Waals surface area contributed by atoms with E-state index in [2.05, 4.69) is 5.16 Å². The maximum atomic E-state index is 12.1. The van der Waals surface area contributed by atoms with Gasteiger partial charge in [-0.1, -0.05) is 41.6 Å². The molecule has 0 bridgehead atoms. The Labute approximate surface area is 185 Å². The first-order valence-electron chi connectivity index (χ1n) is 9.28. The van der Waals surface area contributed by atoms with Crippen LogP contribution in [0.4, 0.5) is 0 Å². The number of sulfone groups is 1. The molecule has 1 amide bonds. The third kappa shape index (κ3) is 5.20. The molecular weight excluding hydrogens is 440 g/mol. The lowest BCUT2D eigenvalue weighted by Crippen LogP contribution is -2.49. The highest BCUT2D eigenvalue weighted by atomic mass is 32.2. The van der Waals surface area contributed by atoms with Crippen LogP contribution >= 0.6 is 0 Å². The normalized spacial score (nSPS) is 18.8. The quantitative estimate of drug-likeness (QED) is 0.656. The zero-order chi connectivity index (χ0) is 22.1. The topological polar surface area (TPSA) is 147 Å². The molecule has 1 unspecified atom stereocenters. The van der Waals surface area contributed by atoms with E-state index < -0.39 is 37.4 Å². The second-order valence-electron chi connectivity index (χ2n) is 7.60. The number of nitrogens with zero attached hydrogens (tertiary/aromatic N) is 1. The van der Waals surface area contributed by atoms with Gasteiger partial charge < -0.3 is 16.0 Å². The first kappa shape index (κ1) is 24.7. The number of nitrogens with two attached hydrogens (primary N) is 1. The highest BCUT2D eigenvalue weighted by molar-refractivity contribution is 7.92. The molecular formula is C21H28N2O6S2. The van der Waals surface area contributed by atoms with Crippen LogP contribution < -0.4 is 5.73 Å². The summed E-state index contributed by atoms with van der Waals surface area (Å²) < 4.78 is 33.9. The molecule has 0 spiro atoms. The fourth-order valence-electron chi connectivity index (χ4n) is 3.27. The molecule has 10 heteroatoms. The Morgan fingerprint density at radius 2 is 1.65 bits per heavy atom. The van der Waals surface area contributed by atoms with Crippen LogP contribution in [0.2, 0.25) is 0 Å². The monoisotopic (exact) mass is 468 g/mol. The maximum Gasteiger partial charge on any atom is 0.238 e. The molecule has 1 aliphatic heterocycles. The van der Waals surface area contributed by atoms with Crippen LogP contribution in [0.3, 0.4) is 0 Å². The lowest BCUT2D eigenvalue weighted by molar-refractivity contribution is -0.121. The van der Waals surface area contributed by atoms with Crippen molar-refractivity contribution in [2.24, 2.45) is 10.9 Å². The van der Waals surface area contributed by atoms with Gasteiger partial charge in [0.25, 0.3) is 0 Å². The molecule has 3 rings (SSSR count). The summed E-state index contributed by atoms with van der Waals surface area (Å²) in [5, 5.41) is 4.08. The van der Waals surface area contributed by atoms with E-state index in [9.17, 15) is 17.4 Å². The van der Waals surface area contributed by atoms with Crippen LogP contribution in [-0.4, -0.2) is 53.1 Å². The van der Waals surface area contributed by atoms with E-state index in [1.54, 1.807) is 6.26 Å². The van der Waals surface area contributed by atoms with E-state index in [1.165, 1.54) is 6.92 Å². The molecule has 2 aromatic rings. The van der Waals surface area contributed by atoms with E-state index in [0.29, 0.717) is 12.1 Å². The Morgan fingerprint density at radius 3 is 2.10 bits per heavy atom. The average Bonchev–Trinajstić information content (AvgIpc) is 3.15. The molecule has 0 aromatic heterocycles. The van der Waals surface area contributed by atoms with Crippen LogP contribution in [0.1, 0.15) is 26.8 Å². The molecule has 8 nitrogen and oxygen atoms in total. The molecule has 2 aromatic carbocycles. The van der Waals surface area contributed by atoms with Crippen molar-refractivity contribution >= 4 is 32.3 Å². The Hall–Kier alpha value is -2.56. The number of carbonyl (C=O) groups excluding carboxylic acids is 1. The highest BCUT2D eigenvalue weighted by Crippen LogP contribution is 2.29. The number of hydrogen-bond acceptors (Lipinski definition) is 6. The van der Waals surface area contributed by atoms with Gasteiger partial charge in [0.2, 0.25) is 5.91 Å². The smallest absolute Gasteiger partial charge is 0.238 e. The summed E-state index contributed by atoms with van der Waals surface area (Å²) in [6, 6.07) is 15.3. The summed E-state index contributed by atoms with van der Waals surface area (Å²) in [6.45, 7) is 1.32. The van der Waals surface area contributed by atoms with E-state index in [4.69, 9.17) is 10.6 Å². The number of amides is 1. The third-order valence-electron chi connectivity index (χ3n) is 5.43. The SMILES string of the molecule is CS(=O)c1ccc(-c2ccc(C3=NO[C@@H](C[C@](C)(C(N)=O)S(C)(=O)=O)C3)cc2)cc1.O.[HH]. The van der Waals surface area contributed by atoms with Crippen molar-refractivity contribution in [3.8, 4) is 11.1 Å². The van der Waals surface area contributed by atoms with E-state index in [1.807, 2.05) is 48.5 Å². The van der Waals surface area contributed by atoms with Gasteiger partial charge in [0.05, 0.1) is 5.71 Å². The maximum absolute atomic E-state index is 12.1. The molecule has 0 aliphatic carbocycles. The minimum Gasteiger partial charge on any atom is -0.412 e. The standard InChI is InChI=1S/C21H24N2O5S2.H2O.H2/c1-21(20(22)24,30(3,26)27)13-17-12-19(23-28-17)16-6-4-14(5-7-16)15-8-10-18(11-9-15)29(2)25;;/h4-11,17H,12-13H2,1-3H3,(H2,22,24);1H2;1H/t17-,21-,29?;;/m1../s1. The molecule has 0 fully saturated rings. The summed E-state index contributed by atoms with van der Waals surface area (Å²) in [5.74, 6) is -0.899. The Morgan fingerprint density at radius 1 is 1.16 bits per heavy atom. The fraction of sp³-hybridized carbons (Fsp3) is 0.333. The number of rotatable bonds is 7. The van der Waals surface area contributed by atoms with Crippen molar-refractivity contribution in [3.05, 3.63) is 54.1 Å². The Kier molecular flexibility index (Phi) is 7.40. The summed E-state index contributed by atoms with van der Waals surface area (Å²) in [5.41, 5.74) is 8.89. The summed E-state index contributed by atoms with van der Waals surface area (Å²) in [7, 11) is -4.72. The van der Waals surface area contributed by atoms with Gasteiger partial charge in [0.1, 0.15) is 6.10 Å². The van der Waals surface area contributed by atoms with Crippen LogP contribution in [-0.2, 0) is 30.3 Å². The van der Waals surface area contributed by atoms with Crippen molar-refractivity contribution in [1.29, 1.82) is 0 Å². The first-order valence-corrected chi connectivity index (χ1v) is 12.7. The minimum absolute atomic E-state index is 0. The van der Waals surface area contributed by atoms with Gasteiger partial charge in [0, 0.05) is 42.5 Å². The van der Waals surface area contributed by atoms with Crippen molar-refractivity contribution in [1.82, 2.24) is 0 Å². The van der Waals surface area contributed by atoms with Gasteiger partial charge in [0.15, 0.2) is 14.6 Å². The van der Waals surface area contributed by atoms with E-state index in [-0.39, 0.29) is 13.3 Å². The number of hydrogen-bond donors (Lipinski definition) is 1. The van der Waals surface area contributed by atoms with Crippen molar-refractivity contribution < 1.29 is 29.2 Å². The summed E-state index contributed by atoms with van der Waals surface area (Å²) >= 11 is 0. The number of oxime groups is 1. The minimum atomic E-state index is -3.70. The second kappa shape index (κ2) is 9.29. The van der Waals surface area contributed by atoms with Gasteiger partial charge in [-0.15, -0.1) is 0 Å². The van der Waals surface area contributed by atoms with Crippen LogP contribution in [0.5, 0.6) is 0 Å². The molecule has 3 atom stereocenters. The van der Waals surface area contributed by atoms with Crippen molar-refractivity contribution in [3.63, 3.8) is 0 Å². The lowest BCUT2D eigenvalue weighted by atomic mass is 9.96. The molecule has 4 N–H and O–H groups in total. The third-order valence-corrected chi connectivity index (χ3v) is 8.37. The Bertz CT molecular complexity index is 1120. The summed E-state index contributed by atoms with van der Waals surface area (Å²) in [6.07, 6.45) is 2.42. The van der Waals surface area contributed by atoms with Crippen molar-refractivity contribution in [2.45, 2.75) is 35.5 Å². The zero-order valence-corrected chi connectivity index (χ0v) is 19.1. The van der Waals surface area contributed by atoms with Gasteiger partial charge in [-0.2, -0.15) is 0 Å². The first-order chi connectivity index (χ1) is 14.0. The molecule has 31 heavy (non-hydrogen) atoms. The van der Waals surface area contributed by atoms with E-state index >= 15 is 0 Å². The van der Waals surface area contributed by atoms with Crippen LogP contribution in [0, 0.1) is 0 Å². The van der Waals surface area contributed by atoms with Crippen molar-refractivity contribution in [2.75, 3.05) is 12.5 Å². The number of primary amides is 1. The molecule has 1 heterocycles. The number of benzene rings is 2. The van der Waals surface area contributed by atoms with Crippen LogP contribution in [0.15, 0.2) is 58.6 Å². The summed E-state index contributed by atoms with van der Waals surface area (Å²) in [4.78, 5) is 17.9. The predicted octanol–water partition coefficient (Wildman–Crippen LogP) is 1.68. The lowest BCUT2D eigenvalue weighted by Gasteiger charge is -2.25. The van der Waals surface area contributed by atoms with E-state index in [0.717, 1.165) is 27.8 Å². The molecule has 0 radical (unpaired) electrons. The number of carbonyl (C=O) groups is 1. The zero-order valence-electron chi connectivity index (χ0n) is 17.5. The predicted molar refractivity (Wildman–Crippen MR) is 123 cm³/mol. The second-order valence-corrected chi connectivity index (χ2v) is 11.4. The molecule has 0 saturated carbocycles. The highest BCUT2D eigenvalue weighted by Gasteiger charge is 2.45. The molecule has 0 saturated heterocycles. The Balaban J connectivity index is 0.00000256. The molecule has 170 valence electrons. The van der Waals surface area contributed by atoms with Gasteiger partial charge in [-0.05, 0) is 35.7 Å². The van der Waals surface area contributed by atoms with Gasteiger partial charge in [-0.25, -0.2) is 8.42 Å².